The summed E-state index contributed by atoms with van der Waals surface area (Å²) < 4.78 is 5.02. The lowest BCUT2D eigenvalue weighted by Gasteiger charge is -2.22. The van der Waals surface area contributed by atoms with Gasteiger partial charge in [-0.1, -0.05) is 13.8 Å². The largest absolute Gasteiger partial charge is 0.459 e. The van der Waals surface area contributed by atoms with Crippen LogP contribution < -0.4 is 5.32 Å². The molecule has 0 saturated heterocycles. The van der Waals surface area contributed by atoms with Gasteiger partial charge < -0.3 is 15.2 Å². The third-order valence-electron chi connectivity index (χ3n) is 1.22. The van der Waals surface area contributed by atoms with Gasteiger partial charge >= 0.3 is 5.97 Å². The van der Waals surface area contributed by atoms with Crippen LogP contribution in [0.1, 0.15) is 34.6 Å². The van der Waals surface area contributed by atoms with Crippen LogP contribution in [-0.2, 0) is 9.53 Å². The first-order valence-corrected chi connectivity index (χ1v) is 4.91. The molecule has 1 atom stereocenters. The standard InChI is InChI=1S/C8H17NO3.C2H6/c1-8(2,3)12-7(11)6(5-10)9-4;1-2/h6,9-10H,5H2,1-4H3;1-2H3. The van der Waals surface area contributed by atoms with Gasteiger partial charge in [-0.25, -0.2) is 0 Å². The Morgan fingerprint density at radius 3 is 2.07 bits per heavy atom. The molecule has 14 heavy (non-hydrogen) atoms. The van der Waals surface area contributed by atoms with Gasteiger partial charge in [-0.3, -0.25) is 4.79 Å². The summed E-state index contributed by atoms with van der Waals surface area (Å²) in [6.45, 7) is 9.12. The minimum Gasteiger partial charge on any atom is -0.459 e. The number of ether oxygens (including phenoxy) is 1. The molecule has 0 bridgehead atoms. The van der Waals surface area contributed by atoms with Crippen molar-refractivity contribution in [2.24, 2.45) is 0 Å². The number of carbonyl (C=O) groups excluding carboxylic acids is 1. The quantitative estimate of drug-likeness (QED) is 0.673. The van der Waals surface area contributed by atoms with Crippen molar-refractivity contribution in [2.75, 3.05) is 13.7 Å². The van der Waals surface area contributed by atoms with E-state index in [1.165, 1.54) is 0 Å². The van der Waals surface area contributed by atoms with E-state index in [1.807, 2.05) is 13.8 Å². The number of esters is 1. The number of aliphatic hydroxyl groups excluding tert-OH is 1. The molecule has 0 saturated carbocycles. The number of hydrogen-bond acceptors (Lipinski definition) is 4. The second-order valence-electron chi connectivity index (χ2n) is 3.56. The summed E-state index contributed by atoms with van der Waals surface area (Å²) in [5.41, 5.74) is -0.499. The zero-order chi connectivity index (χ0) is 11.8. The average molecular weight is 205 g/mol. The summed E-state index contributed by atoms with van der Waals surface area (Å²) in [5.74, 6) is -0.424. The molecule has 0 spiro atoms. The Bertz CT molecular complexity index is 148. The minimum atomic E-state index is -0.621. The van der Waals surface area contributed by atoms with Crippen LogP contribution in [-0.4, -0.2) is 36.4 Å². The SMILES string of the molecule is CC.CNC(CO)C(=O)OC(C)(C)C. The van der Waals surface area contributed by atoms with Crippen LogP contribution >= 0.6 is 0 Å². The van der Waals surface area contributed by atoms with Crippen molar-refractivity contribution in [1.82, 2.24) is 5.32 Å². The minimum absolute atomic E-state index is 0.245. The summed E-state index contributed by atoms with van der Waals surface area (Å²) >= 11 is 0. The zero-order valence-electron chi connectivity index (χ0n) is 10.0. The fourth-order valence-corrected chi connectivity index (χ4v) is 0.657. The highest BCUT2D eigenvalue weighted by molar-refractivity contribution is 5.76. The molecule has 0 aliphatic carbocycles. The Labute approximate surface area is 86.6 Å². The van der Waals surface area contributed by atoms with E-state index in [1.54, 1.807) is 27.8 Å². The maximum Gasteiger partial charge on any atom is 0.326 e. The van der Waals surface area contributed by atoms with Gasteiger partial charge in [0.05, 0.1) is 6.61 Å². The van der Waals surface area contributed by atoms with Crippen molar-refractivity contribution >= 4 is 5.97 Å². The summed E-state index contributed by atoms with van der Waals surface area (Å²) in [5, 5.41) is 11.4. The van der Waals surface area contributed by atoms with Crippen molar-refractivity contribution < 1.29 is 14.6 Å². The Hall–Kier alpha value is -0.610. The van der Waals surface area contributed by atoms with Crippen molar-refractivity contribution in [2.45, 2.75) is 46.3 Å². The molecule has 0 rings (SSSR count). The molecule has 0 aliphatic rings. The summed E-state index contributed by atoms with van der Waals surface area (Å²) in [7, 11) is 1.60. The molecular weight excluding hydrogens is 182 g/mol. The molecule has 1 unspecified atom stereocenters. The smallest absolute Gasteiger partial charge is 0.326 e. The highest BCUT2D eigenvalue weighted by Crippen LogP contribution is 2.07. The van der Waals surface area contributed by atoms with Crippen molar-refractivity contribution in [3.8, 4) is 0 Å². The molecule has 0 amide bonds. The normalized spacial score (nSPS) is 12.5. The van der Waals surface area contributed by atoms with Gasteiger partial charge in [0.1, 0.15) is 11.6 Å². The monoisotopic (exact) mass is 205 g/mol. The molecule has 0 aliphatic heterocycles. The van der Waals surface area contributed by atoms with E-state index in [4.69, 9.17) is 9.84 Å². The predicted octanol–water partition coefficient (Wildman–Crippen LogP) is 0.935. The molecule has 0 fully saturated rings. The fraction of sp³-hybridized carbons (Fsp3) is 0.900. The molecule has 0 aromatic rings. The van der Waals surface area contributed by atoms with Gasteiger partial charge in [0.2, 0.25) is 0 Å². The van der Waals surface area contributed by atoms with Crippen LogP contribution in [0.2, 0.25) is 0 Å². The van der Waals surface area contributed by atoms with Crippen LogP contribution in [0.15, 0.2) is 0 Å². The van der Waals surface area contributed by atoms with Gasteiger partial charge in [0.15, 0.2) is 0 Å². The molecule has 0 heterocycles. The van der Waals surface area contributed by atoms with Gasteiger partial charge in [-0.05, 0) is 27.8 Å². The second kappa shape index (κ2) is 7.76. The predicted molar refractivity (Wildman–Crippen MR) is 57.1 cm³/mol. The molecule has 0 aromatic heterocycles. The third-order valence-corrected chi connectivity index (χ3v) is 1.22. The molecule has 4 heteroatoms. The van der Waals surface area contributed by atoms with Crippen LogP contribution in [0.5, 0.6) is 0 Å². The number of hydrogen-bond donors (Lipinski definition) is 2. The average Bonchev–Trinajstić information content (AvgIpc) is 2.07. The number of nitrogens with one attached hydrogen (secondary N) is 1. The van der Waals surface area contributed by atoms with E-state index in [2.05, 4.69) is 5.32 Å². The van der Waals surface area contributed by atoms with Crippen LogP contribution in [0.4, 0.5) is 0 Å². The van der Waals surface area contributed by atoms with Gasteiger partial charge in [-0.2, -0.15) is 0 Å². The van der Waals surface area contributed by atoms with E-state index >= 15 is 0 Å². The van der Waals surface area contributed by atoms with E-state index in [0.29, 0.717) is 0 Å². The van der Waals surface area contributed by atoms with Crippen molar-refractivity contribution in [3.63, 3.8) is 0 Å². The summed E-state index contributed by atoms with van der Waals surface area (Å²) in [6, 6.07) is -0.621. The Kier molecular flexibility index (Phi) is 8.79. The highest BCUT2D eigenvalue weighted by Gasteiger charge is 2.22. The van der Waals surface area contributed by atoms with Gasteiger partial charge in [-0.15, -0.1) is 0 Å². The number of aliphatic hydroxyl groups is 1. The number of rotatable bonds is 3. The number of likely N-dealkylation sites (N-methyl/N-ethyl adjacent to an activating group) is 1. The van der Waals surface area contributed by atoms with Crippen molar-refractivity contribution in [3.05, 3.63) is 0 Å². The van der Waals surface area contributed by atoms with Crippen LogP contribution in [0.25, 0.3) is 0 Å². The highest BCUT2D eigenvalue weighted by atomic mass is 16.6. The molecule has 4 nitrogen and oxygen atoms in total. The summed E-state index contributed by atoms with van der Waals surface area (Å²) in [4.78, 5) is 11.2. The first-order chi connectivity index (χ1) is 6.40. The Morgan fingerprint density at radius 1 is 1.43 bits per heavy atom. The topological polar surface area (TPSA) is 58.6 Å². The lowest BCUT2D eigenvalue weighted by Crippen LogP contribution is -2.41. The third kappa shape index (κ3) is 8.01. The Morgan fingerprint density at radius 2 is 1.86 bits per heavy atom. The first-order valence-electron chi connectivity index (χ1n) is 4.91. The van der Waals surface area contributed by atoms with E-state index in [9.17, 15) is 4.79 Å². The van der Waals surface area contributed by atoms with E-state index < -0.39 is 17.6 Å². The molecule has 2 N–H and O–H groups in total. The fourth-order valence-electron chi connectivity index (χ4n) is 0.657. The Balaban J connectivity index is 0. The molecular formula is C10H23NO3. The van der Waals surface area contributed by atoms with Gasteiger partial charge in [0.25, 0.3) is 0 Å². The van der Waals surface area contributed by atoms with Gasteiger partial charge in [0, 0.05) is 0 Å². The zero-order valence-corrected chi connectivity index (χ0v) is 10.0. The summed E-state index contributed by atoms with van der Waals surface area (Å²) in [6.07, 6.45) is 0. The maximum atomic E-state index is 11.2. The maximum absolute atomic E-state index is 11.2. The lowest BCUT2D eigenvalue weighted by molar-refractivity contribution is -0.158. The molecule has 0 aromatic carbocycles. The molecule has 86 valence electrons. The van der Waals surface area contributed by atoms with E-state index in [-0.39, 0.29) is 6.61 Å². The van der Waals surface area contributed by atoms with Crippen LogP contribution in [0.3, 0.4) is 0 Å². The lowest BCUT2D eigenvalue weighted by atomic mass is 10.2. The number of carbonyl (C=O) groups is 1. The second-order valence-corrected chi connectivity index (χ2v) is 3.56. The first kappa shape index (κ1) is 15.8. The van der Waals surface area contributed by atoms with Crippen molar-refractivity contribution in [1.29, 1.82) is 0 Å². The van der Waals surface area contributed by atoms with Crippen LogP contribution in [0, 0.1) is 0 Å². The van der Waals surface area contributed by atoms with E-state index in [0.717, 1.165) is 0 Å². The molecule has 0 radical (unpaired) electrons.